The van der Waals surface area contributed by atoms with Crippen molar-refractivity contribution in [1.29, 1.82) is 0 Å². The molecule has 462 valence electrons. The van der Waals surface area contributed by atoms with Crippen molar-refractivity contribution in [3.8, 4) is 0 Å². The van der Waals surface area contributed by atoms with Crippen molar-refractivity contribution in [2.24, 2.45) is 0 Å². The minimum absolute atomic E-state index is 0.0992. The largest absolute Gasteiger partial charge is 0.472 e. The van der Waals surface area contributed by atoms with Gasteiger partial charge >= 0.3 is 25.7 Å². The van der Waals surface area contributed by atoms with Crippen LogP contribution in [0.4, 0.5) is 0 Å². The molecule has 0 aliphatic heterocycles. The second-order valence-corrected chi connectivity index (χ2v) is 23.0. The van der Waals surface area contributed by atoms with E-state index in [0.29, 0.717) is 19.3 Å². The van der Waals surface area contributed by atoms with Crippen LogP contribution in [0.15, 0.2) is 85.1 Å². The minimum atomic E-state index is -4.77. The van der Waals surface area contributed by atoms with Crippen LogP contribution in [0.5, 0.6) is 0 Å². The molecule has 0 heterocycles. The fraction of sp³-hybridized carbons (Fsp3) is 0.750. The Balaban J connectivity index is 4.78. The van der Waals surface area contributed by atoms with E-state index in [2.05, 4.69) is 93.7 Å². The van der Waals surface area contributed by atoms with Gasteiger partial charge < -0.3 is 24.2 Å². The first-order valence-corrected chi connectivity index (χ1v) is 34.0. The van der Waals surface area contributed by atoms with Gasteiger partial charge in [0.05, 0.1) is 19.8 Å². The Kier molecular flexibility index (Phi) is 59.1. The van der Waals surface area contributed by atoms with Crippen LogP contribution in [0.25, 0.3) is 0 Å². The molecule has 0 radical (unpaired) electrons. The van der Waals surface area contributed by atoms with Gasteiger partial charge in [-0.05, 0) is 83.5 Å². The first kappa shape index (κ1) is 76.7. The maximum atomic E-state index is 13.0. The van der Waals surface area contributed by atoms with Gasteiger partial charge in [-0.2, -0.15) is 0 Å². The molecule has 0 saturated carbocycles. The summed E-state index contributed by atoms with van der Waals surface area (Å²) in [6.45, 7) is 4.49. The van der Waals surface area contributed by atoms with Crippen molar-refractivity contribution < 1.29 is 52.2 Å². The molecule has 0 bridgehead atoms. The molecule has 0 aromatic heterocycles. The Morgan fingerprint density at radius 2 is 0.675 bits per heavy atom. The van der Waals surface area contributed by atoms with E-state index in [1.807, 2.05) is 12.2 Å². The van der Waals surface area contributed by atoms with Crippen LogP contribution in [-0.2, 0) is 42.2 Å². The number of hydrogen-bond acceptors (Lipinski definition) is 10. The molecule has 0 spiro atoms. The van der Waals surface area contributed by atoms with Gasteiger partial charge in [0.15, 0.2) is 6.10 Å². The number of ether oxygens (including phenoxy) is 3. The van der Waals surface area contributed by atoms with E-state index >= 15 is 0 Å². The monoisotopic (exact) mass is 1140 g/mol. The maximum Gasteiger partial charge on any atom is 0.472 e. The molecule has 12 heteroatoms. The number of carbonyl (C=O) groups excluding carboxylic acids is 3. The molecule has 0 fully saturated rings. The first-order chi connectivity index (χ1) is 39.2. The highest BCUT2D eigenvalue weighted by Gasteiger charge is 2.28. The lowest BCUT2D eigenvalue weighted by molar-refractivity contribution is -0.161. The zero-order chi connectivity index (χ0) is 58.3. The Morgan fingerprint density at radius 3 is 1.05 bits per heavy atom. The molecule has 3 atom stereocenters. The third-order valence-electron chi connectivity index (χ3n) is 13.8. The van der Waals surface area contributed by atoms with E-state index in [1.165, 1.54) is 141 Å². The summed E-state index contributed by atoms with van der Waals surface area (Å²) in [5.41, 5.74) is 0. The van der Waals surface area contributed by atoms with Crippen molar-refractivity contribution >= 4 is 25.7 Å². The number of unbranched alkanes of at least 4 members (excludes halogenated alkanes) is 29. The number of esters is 3. The predicted octanol–water partition coefficient (Wildman–Crippen LogP) is 19.8. The Morgan fingerprint density at radius 1 is 0.362 bits per heavy atom. The molecule has 0 aliphatic carbocycles. The van der Waals surface area contributed by atoms with Crippen LogP contribution in [0, 0.1) is 0 Å². The summed E-state index contributed by atoms with van der Waals surface area (Å²) in [5.74, 6) is -1.56. The Labute approximate surface area is 490 Å². The van der Waals surface area contributed by atoms with Crippen molar-refractivity contribution in [3.05, 3.63) is 85.1 Å². The number of rotatable bonds is 60. The summed E-state index contributed by atoms with van der Waals surface area (Å²) in [6.07, 6.45) is 72.6. The number of phosphoric acid groups is 1. The zero-order valence-electron chi connectivity index (χ0n) is 51.3. The predicted molar refractivity (Wildman–Crippen MR) is 334 cm³/mol. The molecule has 0 aromatic rings. The summed E-state index contributed by atoms with van der Waals surface area (Å²) in [5, 5.41) is 9.86. The van der Waals surface area contributed by atoms with E-state index in [0.717, 1.165) is 89.9 Å². The van der Waals surface area contributed by atoms with Gasteiger partial charge in [0.2, 0.25) is 0 Å². The average molecular weight is 1140 g/mol. The van der Waals surface area contributed by atoms with Gasteiger partial charge in [-0.3, -0.25) is 23.4 Å². The van der Waals surface area contributed by atoms with Crippen LogP contribution in [0.3, 0.4) is 0 Å². The summed E-state index contributed by atoms with van der Waals surface area (Å²) in [7, 11) is -4.77. The molecule has 80 heavy (non-hydrogen) atoms. The van der Waals surface area contributed by atoms with Gasteiger partial charge in [-0.1, -0.05) is 273 Å². The fourth-order valence-electron chi connectivity index (χ4n) is 8.91. The minimum Gasteiger partial charge on any atom is -0.462 e. The van der Waals surface area contributed by atoms with E-state index in [4.69, 9.17) is 23.3 Å². The number of carbonyl (C=O) groups is 3. The molecule has 0 amide bonds. The summed E-state index contributed by atoms with van der Waals surface area (Å²) in [4.78, 5) is 48.7. The van der Waals surface area contributed by atoms with E-state index in [-0.39, 0.29) is 25.9 Å². The summed E-state index contributed by atoms with van der Waals surface area (Å²) < 4.78 is 39.6. The molecular formula is C68H119O11P. The fourth-order valence-corrected chi connectivity index (χ4v) is 9.69. The smallest absolute Gasteiger partial charge is 0.462 e. The standard InChI is InChI=1S/C68H119O11P/c1-4-7-10-13-16-19-22-25-28-31-32-35-36-39-42-45-48-51-54-57-66(70)75-61-65(79-68(72)59-56-53-50-47-44-41-38-34-30-27-24-21-18-15-12-9-6-3)63-77-80(73,74)76-62-64(60-69)78-67(71)58-55-52-49-46-43-40-37-33-29-26-23-20-17-14-11-8-5-2/h7,10,16,19,25,27-28,30,32,35,39,42,48,51,64-65,69H,4-6,8-9,11-15,17-18,20-24,26,29,31,33-34,36-38,40-41,43-47,49-50,52-63H2,1-3H3,(H,73,74)/b10-7-,19-16-,28-25-,30-27-,35-32-,42-39-,51-48-. The van der Waals surface area contributed by atoms with E-state index < -0.39 is 57.8 Å². The summed E-state index contributed by atoms with van der Waals surface area (Å²) in [6, 6.07) is 0. The summed E-state index contributed by atoms with van der Waals surface area (Å²) >= 11 is 0. The maximum absolute atomic E-state index is 13.0. The zero-order valence-corrected chi connectivity index (χ0v) is 52.2. The van der Waals surface area contributed by atoms with Crippen LogP contribution in [-0.4, -0.2) is 66.5 Å². The third-order valence-corrected chi connectivity index (χ3v) is 14.8. The number of aliphatic hydroxyl groups is 1. The van der Waals surface area contributed by atoms with Crippen LogP contribution < -0.4 is 0 Å². The number of phosphoric ester groups is 1. The molecule has 0 saturated heterocycles. The highest BCUT2D eigenvalue weighted by atomic mass is 31.2. The quantitative estimate of drug-likeness (QED) is 0.0197. The second kappa shape index (κ2) is 61.7. The average Bonchev–Trinajstić information content (AvgIpc) is 3.45. The highest BCUT2D eigenvalue weighted by molar-refractivity contribution is 7.47. The molecule has 3 unspecified atom stereocenters. The molecule has 0 rings (SSSR count). The van der Waals surface area contributed by atoms with Crippen LogP contribution in [0.1, 0.15) is 290 Å². The van der Waals surface area contributed by atoms with Crippen LogP contribution >= 0.6 is 7.82 Å². The second-order valence-electron chi connectivity index (χ2n) is 21.6. The molecular weight excluding hydrogens is 1020 g/mol. The van der Waals surface area contributed by atoms with Gasteiger partial charge in [0, 0.05) is 19.3 Å². The number of aliphatic hydroxyl groups excluding tert-OH is 1. The van der Waals surface area contributed by atoms with Gasteiger partial charge in [0.25, 0.3) is 0 Å². The molecule has 0 aromatic carbocycles. The molecule has 2 N–H and O–H groups in total. The van der Waals surface area contributed by atoms with Crippen molar-refractivity contribution in [2.75, 3.05) is 26.4 Å². The van der Waals surface area contributed by atoms with Gasteiger partial charge in [-0.25, -0.2) is 4.57 Å². The number of allylic oxidation sites excluding steroid dienone is 14. The molecule has 11 nitrogen and oxygen atoms in total. The first-order valence-electron chi connectivity index (χ1n) is 32.5. The van der Waals surface area contributed by atoms with Gasteiger partial charge in [0.1, 0.15) is 12.7 Å². The van der Waals surface area contributed by atoms with Crippen molar-refractivity contribution in [1.82, 2.24) is 0 Å². The van der Waals surface area contributed by atoms with Gasteiger partial charge in [-0.15, -0.1) is 0 Å². The highest BCUT2D eigenvalue weighted by Crippen LogP contribution is 2.43. The lowest BCUT2D eigenvalue weighted by Crippen LogP contribution is -2.30. The lowest BCUT2D eigenvalue weighted by atomic mass is 10.0. The van der Waals surface area contributed by atoms with Crippen molar-refractivity contribution in [3.63, 3.8) is 0 Å². The normalized spacial score (nSPS) is 13.8. The third kappa shape index (κ3) is 59.3. The number of hydrogen-bond donors (Lipinski definition) is 2. The topological polar surface area (TPSA) is 155 Å². The SMILES string of the molecule is CC/C=C\C/C=C\C/C=C\C/C=C\C/C=C\C/C=C\CCC(=O)OCC(COP(=O)(O)OCC(CO)OC(=O)CCCCCCCCCCCCCCCCCCC)OC(=O)CCCCCCCCC/C=C\CCCCCCCC. The van der Waals surface area contributed by atoms with E-state index in [9.17, 15) is 28.9 Å². The lowest BCUT2D eigenvalue weighted by Gasteiger charge is -2.21. The Bertz CT molecular complexity index is 1670. The van der Waals surface area contributed by atoms with E-state index in [1.54, 1.807) is 0 Å². The van der Waals surface area contributed by atoms with Crippen molar-refractivity contribution in [2.45, 2.75) is 303 Å². The van der Waals surface area contributed by atoms with Crippen LogP contribution in [0.2, 0.25) is 0 Å². The molecule has 0 aliphatic rings. The Hall–Kier alpha value is -3.34.